The van der Waals surface area contributed by atoms with Gasteiger partial charge in [0, 0.05) is 20.1 Å². The first kappa shape index (κ1) is 24.7. The molecule has 0 spiro atoms. The van der Waals surface area contributed by atoms with E-state index in [4.69, 9.17) is 9.84 Å². The summed E-state index contributed by atoms with van der Waals surface area (Å²) >= 11 is 0. The number of amides is 3. The smallest absolute Gasteiger partial charge is 0.405 e. The lowest BCUT2D eigenvalue weighted by Crippen LogP contribution is -2.55. The van der Waals surface area contributed by atoms with Crippen molar-refractivity contribution < 1.29 is 28.6 Å². The molecule has 0 radical (unpaired) electrons. The van der Waals surface area contributed by atoms with Gasteiger partial charge in [0.25, 0.3) is 0 Å². The standard InChI is InChI=1S/C25H26FN3O5/c1-34-15-22(29-25(32)33)24(31)28-21(13-16-9-11-19(26)12-10-16)23(30)27-14-18-7-4-6-17-5-2-3-8-20(17)18/h2-12,21-22,29H,13-15H2,1H3,(H,27,30)(H,28,31)(H,32,33)/t21-,22-/m0/s1. The molecule has 0 fully saturated rings. The highest BCUT2D eigenvalue weighted by atomic mass is 19.1. The molecule has 3 rings (SSSR count). The average Bonchev–Trinajstić information content (AvgIpc) is 2.82. The summed E-state index contributed by atoms with van der Waals surface area (Å²) in [5.41, 5.74) is 1.53. The summed E-state index contributed by atoms with van der Waals surface area (Å²) in [6.07, 6.45) is -1.31. The van der Waals surface area contributed by atoms with Gasteiger partial charge in [0.05, 0.1) is 6.61 Å². The van der Waals surface area contributed by atoms with Gasteiger partial charge >= 0.3 is 6.09 Å². The van der Waals surface area contributed by atoms with Crippen LogP contribution in [0.5, 0.6) is 0 Å². The molecule has 0 saturated heterocycles. The van der Waals surface area contributed by atoms with Crippen LogP contribution in [0.25, 0.3) is 10.8 Å². The third-order valence-corrected chi connectivity index (χ3v) is 5.27. The number of halogens is 1. The van der Waals surface area contributed by atoms with Crippen LogP contribution in [0.15, 0.2) is 66.7 Å². The molecule has 178 valence electrons. The van der Waals surface area contributed by atoms with Crippen LogP contribution in [0.1, 0.15) is 11.1 Å². The number of carbonyl (C=O) groups excluding carboxylic acids is 2. The molecular formula is C25H26FN3O5. The maximum atomic E-state index is 13.3. The fourth-order valence-corrected chi connectivity index (χ4v) is 3.59. The summed E-state index contributed by atoms with van der Waals surface area (Å²) in [5.74, 6) is -1.59. The summed E-state index contributed by atoms with van der Waals surface area (Å²) in [4.78, 5) is 36.9. The minimum absolute atomic E-state index is 0.0835. The monoisotopic (exact) mass is 467 g/mol. The van der Waals surface area contributed by atoms with E-state index >= 15 is 0 Å². The third kappa shape index (κ3) is 6.76. The van der Waals surface area contributed by atoms with E-state index in [0.29, 0.717) is 5.56 Å². The molecule has 3 amide bonds. The molecule has 0 saturated carbocycles. The van der Waals surface area contributed by atoms with Crippen molar-refractivity contribution in [2.24, 2.45) is 0 Å². The Morgan fingerprint density at radius 2 is 1.62 bits per heavy atom. The Labute approximate surface area is 196 Å². The second-order valence-electron chi connectivity index (χ2n) is 7.71. The lowest BCUT2D eigenvalue weighted by Gasteiger charge is -2.22. The fraction of sp³-hybridized carbons (Fsp3) is 0.240. The Kier molecular flexibility index (Phi) is 8.53. The number of benzene rings is 3. The van der Waals surface area contributed by atoms with Crippen molar-refractivity contribution >= 4 is 28.7 Å². The van der Waals surface area contributed by atoms with Crippen LogP contribution in [0.2, 0.25) is 0 Å². The minimum atomic E-state index is -1.40. The van der Waals surface area contributed by atoms with E-state index in [0.717, 1.165) is 16.3 Å². The highest BCUT2D eigenvalue weighted by molar-refractivity contribution is 5.92. The highest BCUT2D eigenvalue weighted by Crippen LogP contribution is 2.18. The van der Waals surface area contributed by atoms with E-state index in [1.165, 1.54) is 31.4 Å². The molecule has 3 aromatic rings. The predicted octanol–water partition coefficient (Wildman–Crippen LogP) is 2.61. The van der Waals surface area contributed by atoms with Crippen LogP contribution in [0.4, 0.5) is 9.18 Å². The summed E-state index contributed by atoms with van der Waals surface area (Å²) < 4.78 is 18.2. The van der Waals surface area contributed by atoms with E-state index in [1.54, 1.807) is 0 Å². The van der Waals surface area contributed by atoms with Crippen LogP contribution < -0.4 is 16.0 Å². The molecule has 4 N–H and O–H groups in total. The van der Waals surface area contributed by atoms with E-state index in [1.807, 2.05) is 42.5 Å². The van der Waals surface area contributed by atoms with Crippen LogP contribution in [-0.2, 0) is 27.3 Å². The van der Waals surface area contributed by atoms with Crippen LogP contribution in [0, 0.1) is 5.82 Å². The molecule has 2 atom stereocenters. The number of hydrogen-bond acceptors (Lipinski definition) is 4. The van der Waals surface area contributed by atoms with E-state index in [2.05, 4.69) is 16.0 Å². The highest BCUT2D eigenvalue weighted by Gasteiger charge is 2.27. The lowest BCUT2D eigenvalue weighted by molar-refractivity contribution is -0.130. The predicted molar refractivity (Wildman–Crippen MR) is 125 cm³/mol. The van der Waals surface area contributed by atoms with Crippen molar-refractivity contribution in [1.82, 2.24) is 16.0 Å². The first-order chi connectivity index (χ1) is 16.4. The quantitative estimate of drug-likeness (QED) is 0.366. The van der Waals surface area contributed by atoms with Gasteiger partial charge in [0.1, 0.15) is 17.9 Å². The van der Waals surface area contributed by atoms with Crippen molar-refractivity contribution in [1.29, 1.82) is 0 Å². The van der Waals surface area contributed by atoms with Crippen molar-refractivity contribution in [2.75, 3.05) is 13.7 Å². The molecule has 9 heteroatoms. The van der Waals surface area contributed by atoms with Gasteiger partial charge in [-0.25, -0.2) is 9.18 Å². The molecule has 0 aliphatic rings. The Balaban J connectivity index is 1.77. The Morgan fingerprint density at radius 1 is 0.912 bits per heavy atom. The second kappa shape index (κ2) is 11.8. The second-order valence-corrected chi connectivity index (χ2v) is 7.71. The van der Waals surface area contributed by atoms with Gasteiger partial charge in [-0.2, -0.15) is 0 Å². The summed E-state index contributed by atoms with van der Waals surface area (Å²) in [6.45, 7) is 0.0177. The zero-order valence-electron chi connectivity index (χ0n) is 18.6. The zero-order chi connectivity index (χ0) is 24.5. The van der Waals surface area contributed by atoms with Crippen molar-refractivity contribution in [3.05, 3.63) is 83.7 Å². The average molecular weight is 467 g/mol. The molecule has 0 aromatic heterocycles. The maximum absolute atomic E-state index is 13.3. The third-order valence-electron chi connectivity index (χ3n) is 5.27. The first-order valence-electron chi connectivity index (χ1n) is 10.6. The molecule has 0 bridgehead atoms. The van der Waals surface area contributed by atoms with Gasteiger partial charge in [0.15, 0.2) is 0 Å². The molecular weight excluding hydrogens is 441 g/mol. The van der Waals surface area contributed by atoms with Crippen molar-refractivity contribution in [2.45, 2.75) is 25.0 Å². The van der Waals surface area contributed by atoms with Crippen molar-refractivity contribution in [3.8, 4) is 0 Å². The molecule has 0 heterocycles. The van der Waals surface area contributed by atoms with E-state index < -0.39 is 35.8 Å². The lowest BCUT2D eigenvalue weighted by atomic mass is 10.0. The van der Waals surface area contributed by atoms with Gasteiger partial charge < -0.3 is 25.8 Å². The molecule has 0 aliphatic carbocycles. The van der Waals surface area contributed by atoms with Gasteiger partial charge in [0.2, 0.25) is 11.8 Å². The van der Waals surface area contributed by atoms with E-state index in [-0.39, 0.29) is 19.6 Å². The molecule has 0 unspecified atom stereocenters. The van der Waals surface area contributed by atoms with Gasteiger partial charge in [-0.15, -0.1) is 0 Å². The number of ether oxygens (including phenoxy) is 1. The Morgan fingerprint density at radius 3 is 2.32 bits per heavy atom. The number of fused-ring (bicyclic) bond motifs is 1. The summed E-state index contributed by atoms with van der Waals surface area (Å²) in [5, 5.41) is 18.5. The number of hydrogen-bond donors (Lipinski definition) is 4. The number of nitrogens with one attached hydrogen (secondary N) is 3. The molecule has 0 aliphatic heterocycles. The zero-order valence-corrected chi connectivity index (χ0v) is 18.6. The van der Waals surface area contributed by atoms with Crippen molar-refractivity contribution in [3.63, 3.8) is 0 Å². The van der Waals surface area contributed by atoms with Gasteiger partial charge in [-0.05, 0) is 34.0 Å². The van der Waals surface area contributed by atoms with Gasteiger partial charge in [-0.1, -0.05) is 54.6 Å². The van der Waals surface area contributed by atoms with E-state index in [9.17, 15) is 18.8 Å². The number of methoxy groups -OCH3 is 1. The van der Waals surface area contributed by atoms with Crippen LogP contribution in [-0.4, -0.2) is 48.8 Å². The van der Waals surface area contributed by atoms with Crippen LogP contribution >= 0.6 is 0 Å². The minimum Gasteiger partial charge on any atom is -0.465 e. The van der Waals surface area contributed by atoms with Crippen LogP contribution in [0.3, 0.4) is 0 Å². The Hall–Kier alpha value is -3.98. The first-order valence-corrected chi connectivity index (χ1v) is 10.6. The number of carboxylic acid groups (broad SMARTS) is 1. The summed E-state index contributed by atoms with van der Waals surface area (Å²) in [6, 6.07) is 16.9. The topological polar surface area (TPSA) is 117 Å². The van der Waals surface area contributed by atoms with Gasteiger partial charge in [-0.3, -0.25) is 9.59 Å². The largest absolute Gasteiger partial charge is 0.465 e. The number of carbonyl (C=O) groups is 3. The summed E-state index contributed by atoms with van der Waals surface area (Å²) in [7, 11) is 1.33. The normalized spacial score (nSPS) is 12.5. The number of rotatable bonds is 10. The SMILES string of the molecule is COC[C@H](NC(=O)O)C(=O)N[C@@H](Cc1ccc(F)cc1)C(=O)NCc1cccc2ccccc12. The molecule has 8 nitrogen and oxygen atoms in total. The fourth-order valence-electron chi connectivity index (χ4n) is 3.59. The molecule has 34 heavy (non-hydrogen) atoms. The maximum Gasteiger partial charge on any atom is 0.405 e. The Bertz CT molecular complexity index is 1150. The molecule has 3 aromatic carbocycles.